The summed E-state index contributed by atoms with van der Waals surface area (Å²) in [7, 11) is -3.92. The van der Waals surface area contributed by atoms with Gasteiger partial charge < -0.3 is 4.55 Å². The molecule has 166 valence electrons. The van der Waals surface area contributed by atoms with Crippen LogP contribution in [0.15, 0.2) is 71.9 Å². The van der Waals surface area contributed by atoms with E-state index in [2.05, 4.69) is 22.6 Å². The Labute approximate surface area is 197 Å². The SMILES string of the molecule is CS(=O)(=O)[O-].CSc1c(-c2ccccc2)c[n+](CI)cc1-c1cccc(C(F)(F)F)c1. The molecule has 1 aromatic heterocycles. The second kappa shape index (κ2) is 10.8. The van der Waals surface area contributed by atoms with Crippen molar-refractivity contribution in [1.82, 2.24) is 0 Å². The molecule has 10 heteroatoms. The highest BCUT2D eigenvalue weighted by Crippen LogP contribution is 2.39. The number of hydrogen-bond acceptors (Lipinski definition) is 4. The fourth-order valence-corrected chi connectivity index (χ4v) is 3.99. The third-order valence-corrected chi connectivity index (χ3v) is 5.64. The van der Waals surface area contributed by atoms with Crippen molar-refractivity contribution in [3.8, 4) is 22.3 Å². The number of pyridine rings is 1. The molecule has 2 aromatic carbocycles. The van der Waals surface area contributed by atoms with Gasteiger partial charge in [0.25, 0.3) is 0 Å². The normalized spacial score (nSPS) is 11.6. The van der Waals surface area contributed by atoms with Crippen molar-refractivity contribution in [1.29, 1.82) is 0 Å². The first kappa shape index (κ1) is 25.6. The second-order valence-corrected chi connectivity index (χ2v) is 9.31. The molecule has 0 fully saturated rings. The molecule has 4 nitrogen and oxygen atoms in total. The van der Waals surface area contributed by atoms with Crippen LogP contribution in [0.4, 0.5) is 13.2 Å². The number of benzene rings is 2. The summed E-state index contributed by atoms with van der Waals surface area (Å²) in [6.07, 6.45) is 2.16. The van der Waals surface area contributed by atoms with E-state index in [4.69, 9.17) is 13.0 Å². The number of aromatic nitrogens is 1. The number of alkyl halides is 4. The molecular weight excluding hydrogens is 562 g/mol. The lowest BCUT2D eigenvalue weighted by atomic mass is 10.00. The summed E-state index contributed by atoms with van der Waals surface area (Å²) in [6.45, 7) is 0. The van der Waals surface area contributed by atoms with Crippen molar-refractivity contribution in [2.45, 2.75) is 15.6 Å². The highest BCUT2D eigenvalue weighted by atomic mass is 127. The highest BCUT2D eigenvalue weighted by Gasteiger charge is 2.31. The zero-order chi connectivity index (χ0) is 23.2. The zero-order valence-electron chi connectivity index (χ0n) is 16.6. The molecule has 0 aliphatic carbocycles. The van der Waals surface area contributed by atoms with E-state index in [1.807, 2.05) is 53.5 Å². The maximum atomic E-state index is 13.1. The monoisotopic (exact) mass is 581 g/mol. The molecular formula is C21H19F3INO3S2. The fraction of sp³-hybridized carbons (Fsp3) is 0.190. The Bertz CT molecular complexity index is 1130. The van der Waals surface area contributed by atoms with Gasteiger partial charge in [0, 0.05) is 11.2 Å². The summed E-state index contributed by atoms with van der Waals surface area (Å²) in [5.41, 5.74) is 2.81. The molecule has 31 heavy (non-hydrogen) atoms. The number of thioether (sulfide) groups is 1. The zero-order valence-corrected chi connectivity index (χ0v) is 20.3. The Kier molecular flexibility index (Phi) is 8.92. The maximum Gasteiger partial charge on any atom is 0.416 e. The highest BCUT2D eigenvalue weighted by molar-refractivity contribution is 14.1. The van der Waals surface area contributed by atoms with Crippen molar-refractivity contribution in [2.24, 2.45) is 0 Å². The van der Waals surface area contributed by atoms with Gasteiger partial charge in [-0.2, -0.15) is 17.7 Å². The van der Waals surface area contributed by atoms with Gasteiger partial charge in [0.15, 0.2) is 16.9 Å². The van der Waals surface area contributed by atoms with Gasteiger partial charge in [-0.05, 0) is 52.1 Å². The number of halogens is 4. The molecule has 1 heterocycles. The van der Waals surface area contributed by atoms with Crippen molar-refractivity contribution < 1.29 is 30.7 Å². The molecule has 3 rings (SSSR count). The van der Waals surface area contributed by atoms with Crippen LogP contribution in [0.2, 0.25) is 0 Å². The van der Waals surface area contributed by atoms with Crippen molar-refractivity contribution in [3.05, 3.63) is 72.6 Å². The average molecular weight is 581 g/mol. The first-order valence-corrected chi connectivity index (χ1v) is 13.3. The lowest BCUT2D eigenvalue weighted by Gasteiger charge is -2.14. The Morgan fingerprint density at radius 1 is 1.00 bits per heavy atom. The summed E-state index contributed by atoms with van der Waals surface area (Å²) in [5.74, 6) is 0. The molecule has 0 atom stereocenters. The number of nitrogens with zero attached hydrogens (tertiary/aromatic N) is 1. The van der Waals surface area contributed by atoms with Crippen LogP contribution in [0.5, 0.6) is 0 Å². The Morgan fingerprint density at radius 3 is 2.00 bits per heavy atom. The molecule has 0 saturated carbocycles. The van der Waals surface area contributed by atoms with Gasteiger partial charge in [-0.15, -0.1) is 11.8 Å². The minimum atomic E-state index is -4.36. The van der Waals surface area contributed by atoms with Crippen LogP contribution in [-0.4, -0.2) is 25.5 Å². The Morgan fingerprint density at radius 2 is 1.52 bits per heavy atom. The van der Waals surface area contributed by atoms with E-state index in [-0.39, 0.29) is 0 Å². The Balaban J connectivity index is 0.000000614. The molecule has 0 aliphatic heterocycles. The van der Waals surface area contributed by atoms with Crippen molar-refractivity contribution in [3.63, 3.8) is 0 Å². The maximum absolute atomic E-state index is 13.1. The molecule has 0 amide bonds. The molecule has 0 radical (unpaired) electrons. The Hall–Kier alpha value is -1.63. The van der Waals surface area contributed by atoms with Gasteiger partial charge in [0.2, 0.25) is 0 Å². The van der Waals surface area contributed by atoms with Crippen LogP contribution >= 0.6 is 34.4 Å². The second-order valence-electron chi connectivity index (χ2n) is 6.40. The number of rotatable bonds is 4. The van der Waals surface area contributed by atoms with Gasteiger partial charge >= 0.3 is 6.18 Å². The van der Waals surface area contributed by atoms with Crippen LogP contribution in [0.3, 0.4) is 0 Å². The summed E-state index contributed by atoms with van der Waals surface area (Å²) in [6, 6.07) is 15.4. The summed E-state index contributed by atoms with van der Waals surface area (Å²) >= 11 is 3.79. The van der Waals surface area contributed by atoms with Gasteiger partial charge in [-0.1, -0.05) is 42.5 Å². The smallest absolute Gasteiger partial charge is 0.416 e. The number of hydrogen-bond donors (Lipinski definition) is 0. The molecule has 0 bridgehead atoms. The standard InChI is InChI=1S/C20H16F3INS.CH4O3S/c1-26-19-17(14-6-3-2-4-7-14)11-25(13-24)12-18(19)15-8-5-9-16(10-15)20(21,22)23;1-5(2,3)4/h2-12H,13H2,1H3;1H3,(H,2,3,4)/q+1;/p-1. The predicted octanol–water partition coefficient (Wildman–Crippen LogP) is 5.60. The van der Waals surface area contributed by atoms with Crippen LogP contribution in [-0.2, 0) is 20.8 Å². The molecule has 0 unspecified atom stereocenters. The van der Waals surface area contributed by atoms with Gasteiger partial charge in [-0.3, -0.25) is 0 Å². The van der Waals surface area contributed by atoms with Crippen molar-refractivity contribution in [2.75, 3.05) is 12.5 Å². The van der Waals surface area contributed by atoms with E-state index in [0.29, 0.717) is 16.4 Å². The van der Waals surface area contributed by atoms with Crippen LogP contribution in [0.25, 0.3) is 22.3 Å². The predicted molar refractivity (Wildman–Crippen MR) is 124 cm³/mol. The molecule has 3 aromatic rings. The van der Waals surface area contributed by atoms with E-state index in [0.717, 1.165) is 27.7 Å². The van der Waals surface area contributed by atoms with Gasteiger partial charge in [0.1, 0.15) is 0 Å². The summed E-state index contributed by atoms with van der Waals surface area (Å²) < 4.78 is 69.4. The van der Waals surface area contributed by atoms with Crippen LogP contribution in [0, 0.1) is 0 Å². The van der Waals surface area contributed by atoms with E-state index in [9.17, 15) is 13.2 Å². The molecule has 0 N–H and O–H groups in total. The summed E-state index contributed by atoms with van der Waals surface area (Å²) in [4.78, 5) is 0.969. The third-order valence-electron chi connectivity index (χ3n) is 4.01. The van der Waals surface area contributed by atoms with Gasteiger partial charge in [-0.25, -0.2) is 8.42 Å². The van der Waals surface area contributed by atoms with Crippen LogP contribution in [0.1, 0.15) is 5.56 Å². The lowest BCUT2D eigenvalue weighted by Crippen LogP contribution is -2.30. The summed E-state index contributed by atoms with van der Waals surface area (Å²) in [5, 5.41) is 0. The average Bonchev–Trinajstić information content (AvgIpc) is 2.71. The topological polar surface area (TPSA) is 61.1 Å². The first-order chi connectivity index (χ1) is 14.4. The molecule has 0 saturated heterocycles. The fourth-order valence-electron chi connectivity index (χ4n) is 2.81. The minimum Gasteiger partial charge on any atom is -0.748 e. The third kappa shape index (κ3) is 7.78. The van der Waals surface area contributed by atoms with Crippen LogP contribution < -0.4 is 4.57 Å². The quantitative estimate of drug-likeness (QED) is 0.132. The molecule has 0 spiro atoms. The van der Waals surface area contributed by atoms with Crippen molar-refractivity contribution >= 4 is 44.5 Å². The first-order valence-electron chi connectivity index (χ1n) is 8.75. The van der Waals surface area contributed by atoms with E-state index in [1.54, 1.807) is 17.8 Å². The molecule has 0 aliphatic rings. The van der Waals surface area contributed by atoms with E-state index < -0.39 is 21.9 Å². The van der Waals surface area contributed by atoms with E-state index in [1.165, 1.54) is 12.1 Å². The largest absolute Gasteiger partial charge is 0.748 e. The minimum absolute atomic E-state index is 0.570. The van der Waals surface area contributed by atoms with E-state index >= 15 is 0 Å². The van der Waals surface area contributed by atoms with Gasteiger partial charge in [0.05, 0.1) is 26.8 Å². The lowest BCUT2D eigenvalue weighted by molar-refractivity contribution is -0.670.